The van der Waals surface area contributed by atoms with Gasteiger partial charge >= 0.3 is 5.97 Å². The lowest BCUT2D eigenvalue weighted by molar-refractivity contribution is -0.139. The van der Waals surface area contributed by atoms with Gasteiger partial charge in [-0.25, -0.2) is 13.4 Å². The van der Waals surface area contributed by atoms with Crippen molar-refractivity contribution in [3.05, 3.63) is 54.7 Å². The van der Waals surface area contributed by atoms with Crippen molar-refractivity contribution in [1.82, 2.24) is 20.3 Å². The number of pyridine rings is 1. The van der Waals surface area contributed by atoms with Gasteiger partial charge in [-0.1, -0.05) is 24.3 Å². The van der Waals surface area contributed by atoms with Crippen molar-refractivity contribution in [2.24, 2.45) is 0 Å². The number of aliphatic carboxylic acids is 1. The van der Waals surface area contributed by atoms with E-state index >= 15 is 0 Å². The van der Waals surface area contributed by atoms with E-state index in [-0.39, 0.29) is 23.8 Å². The van der Waals surface area contributed by atoms with Gasteiger partial charge in [0.2, 0.25) is 21.8 Å². The van der Waals surface area contributed by atoms with Crippen molar-refractivity contribution in [3.8, 4) is 0 Å². The first-order valence-electron chi connectivity index (χ1n) is 10.3. The molecule has 0 bridgehead atoms. The number of carboxylic acid groups (broad SMARTS) is 1. The monoisotopic (exact) mass is 477 g/mol. The van der Waals surface area contributed by atoms with Gasteiger partial charge in [-0.3, -0.25) is 14.4 Å². The summed E-state index contributed by atoms with van der Waals surface area (Å²) >= 11 is 0. The molecule has 2 rings (SSSR count). The van der Waals surface area contributed by atoms with Crippen LogP contribution in [0, 0.1) is 0 Å². The highest BCUT2D eigenvalue weighted by molar-refractivity contribution is 7.89. The van der Waals surface area contributed by atoms with Crippen molar-refractivity contribution >= 4 is 33.6 Å². The first-order valence-corrected chi connectivity index (χ1v) is 11.7. The summed E-state index contributed by atoms with van der Waals surface area (Å²) in [7, 11) is -4.07. The lowest BCUT2D eigenvalue weighted by Gasteiger charge is -2.16. The number of anilines is 1. The van der Waals surface area contributed by atoms with Crippen LogP contribution in [0.3, 0.4) is 0 Å². The molecule has 0 aliphatic heterocycles. The number of benzene rings is 1. The summed E-state index contributed by atoms with van der Waals surface area (Å²) in [5, 5.41) is 17.2. The fourth-order valence-electron chi connectivity index (χ4n) is 2.67. The van der Waals surface area contributed by atoms with Crippen molar-refractivity contribution in [2.45, 2.75) is 30.2 Å². The van der Waals surface area contributed by atoms with Crippen LogP contribution in [-0.2, 0) is 24.4 Å². The standard InChI is InChI=1S/C21H27N5O6S/c27-19(11-5-7-13-23-18-10-4-6-12-22-18)25-15-20(28)24-14-17(21(29)30)26-33(31,32)16-8-2-1-3-9-16/h1-4,6,8-10,12,17,26H,5,7,11,13-15H2,(H,22,23)(H,24,28)(H,25,27)(H,29,30)/t17-/m0/s1. The molecule has 1 aromatic carbocycles. The Kier molecular flexibility index (Phi) is 10.2. The maximum absolute atomic E-state index is 12.3. The Labute approximate surface area is 192 Å². The molecule has 0 aliphatic carbocycles. The molecule has 0 unspecified atom stereocenters. The second kappa shape index (κ2) is 13.1. The van der Waals surface area contributed by atoms with Gasteiger partial charge in [0.1, 0.15) is 11.9 Å². The predicted octanol–water partition coefficient (Wildman–Crippen LogP) is 0.328. The Morgan fingerprint density at radius 3 is 2.33 bits per heavy atom. The maximum atomic E-state index is 12.3. The van der Waals surface area contributed by atoms with E-state index in [4.69, 9.17) is 0 Å². The van der Waals surface area contributed by atoms with Crippen LogP contribution in [0.15, 0.2) is 59.6 Å². The Morgan fingerprint density at radius 2 is 1.67 bits per heavy atom. The number of nitrogens with zero attached hydrogens (tertiary/aromatic N) is 1. The second-order valence-electron chi connectivity index (χ2n) is 7.00. The number of hydrogen-bond acceptors (Lipinski definition) is 7. The summed E-state index contributed by atoms with van der Waals surface area (Å²) < 4.78 is 26.6. The zero-order valence-electron chi connectivity index (χ0n) is 17.9. The molecule has 0 fully saturated rings. The highest BCUT2D eigenvalue weighted by Gasteiger charge is 2.25. The van der Waals surface area contributed by atoms with E-state index in [1.54, 1.807) is 12.3 Å². The summed E-state index contributed by atoms with van der Waals surface area (Å²) in [5.74, 6) is -1.64. The van der Waals surface area contributed by atoms with Crippen LogP contribution in [0.1, 0.15) is 19.3 Å². The zero-order chi connectivity index (χ0) is 24.1. The smallest absolute Gasteiger partial charge is 0.323 e. The van der Waals surface area contributed by atoms with Gasteiger partial charge in [-0.15, -0.1) is 0 Å². The van der Waals surface area contributed by atoms with E-state index in [0.717, 1.165) is 12.2 Å². The fraction of sp³-hybridized carbons (Fsp3) is 0.333. The van der Waals surface area contributed by atoms with Gasteiger partial charge < -0.3 is 21.1 Å². The van der Waals surface area contributed by atoms with Crippen LogP contribution in [-0.4, -0.2) is 62.0 Å². The quantitative estimate of drug-likeness (QED) is 0.243. The molecular formula is C21H27N5O6S. The molecule has 0 saturated carbocycles. The minimum Gasteiger partial charge on any atom is -0.480 e. The van der Waals surface area contributed by atoms with Crippen LogP contribution in [0.5, 0.6) is 0 Å². The van der Waals surface area contributed by atoms with E-state index in [2.05, 4.69) is 20.9 Å². The van der Waals surface area contributed by atoms with Gasteiger partial charge in [0.05, 0.1) is 11.4 Å². The fourth-order valence-corrected chi connectivity index (χ4v) is 3.88. The lowest BCUT2D eigenvalue weighted by atomic mass is 10.2. The van der Waals surface area contributed by atoms with Gasteiger partial charge in [-0.05, 0) is 37.1 Å². The summed E-state index contributed by atoms with van der Waals surface area (Å²) in [6.07, 6.45) is 3.25. The lowest BCUT2D eigenvalue weighted by Crippen LogP contribution is -2.49. The molecule has 5 N–H and O–H groups in total. The highest BCUT2D eigenvalue weighted by atomic mass is 32.2. The molecule has 178 valence electrons. The number of unbranched alkanes of at least 4 members (excludes halogenated alkanes) is 1. The SMILES string of the molecule is O=C(CCCCNc1ccccn1)NCC(=O)NC[C@H](NS(=O)(=O)c1ccccc1)C(=O)O. The van der Waals surface area contributed by atoms with E-state index in [1.165, 1.54) is 24.3 Å². The summed E-state index contributed by atoms with van der Waals surface area (Å²) in [6.45, 7) is -0.168. The van der Waals surface area contributed by atoms with Crippen LogP contribution >= 0.6 is 0 Å². The zero-order valence-corrected chi connectivity index (χ0v) is 18.7. The van der Waals surface area contributed by atoms with Crippen LogP contribution in [0.2, 0.25) is 0 Å². The van der Waals surface area contributed by atoms with Crippen molar-refractivity contribution < 1.29 is 27.9 Å². The third-order valence-electron chi connectivity index (χ3n) is 4.40. The molecule has 0 radical (unpaired) electrons. The number of aromatic nitrogens is 1. The van der Waals surface area contributed by atoms with Crippen molar-refractivity contribution in [2.75, 3.05) is 25.0 Å². The molecule has 0 saturated heterocycles. The molecule has 1 aromatic heterocycles. The molecule has 2 amide bonds. The molecule has 2 aromatic rings. The van der Waals surface area contributed by atoms with Gasteiger partial charge in [0, 0.05) is 25.7 Å². The number of carboxylic acids is 1. The summed E-state index contributed by atoms with van der Waals surface area (Å²) in [5.41, 5.74) is 0. The predicted molar refractivity (Wildman–Crippen MR) is 121 cm³/mol. The number of sulfonamides is 1. The number of carbonyl (C=O) groups excluding carboxylic acids is 2. The van der Waals surface area contributed by atoms with Crippen molar-refractivity contribution in [3.63, 3.8) is 0 Å². The number of rotatable bonds is 14. The summed E-state index contributed by atoms with van der Waals surface area (Å²) in [4.78, 5) is 39.2. The third-order valence-corrected chi connectivity index (χ3v) is 5.89. The molecular weight excluding hydrogens is 450 g/mol. The average Bonchev–Trinajstić information content (AvgIpc) is 2.81. The average molecular weight is 478 g/mol. The molecule has 0 spiro atoms. The Balaban J connectivity index is 1.66. The van der Waals surface area contributed by atoms with Gasteiger partial charge in [0.15, 0.2) is 0 Å². The molecule has 0 aliphatic rings. The van der Waals surface area contributed by atoms with Crippen molar-refractivity contribution in [1.29, 1.82) is 0 Å². The Hall–Kier alpha value is -3.51. The Bertz CT molecular complexity index is 1020. The normalized spacial score (nSPS) is 11.9. The number of amides is 2. The van der Waals surface area contributed by atoms with Crippen LogP contribution in [0.4, 0.5) is 5.82 Å². The maximum Gasteiger partial charge on any atom is 0.323 e. The van der Waals surface area contributed by atoms with E-state index in [0.29, 0.717) is 13.0 Å². The second-order valence-corrected chi connectivity index (χ2v) is 8.72. The molecule has 12 heteroatoms. The number of nitrogens with one attached hydrogen (secondary N) is 4. The van der Waals surface area contributed by atoms with E-state index < -0.39 is 34.5 Å². The first kappa shape index (κ1) is 25.7. The van der Waals surface area contributed by atoms with Crippen LogP contribution in [0.25, 0.3) is 0 Å². The first-order chi connectivity index (χ1) is 15.8. The summed E-state index contributed by atoms with van der Waals surface area (Å²) in [6, 6.07) is 11.2. The van der Waals surface area contributed by atoms with E-state index in [9.17, 15) is 27.9 Å². The number of carbonyl (C=O) groups is 3. The third kappa shape index (κ3) is 9.66. The minimum atomic E-state index is -4.07. The molecule has 33 heavy (non-hydrogen) atoms. The molecule has 1 heterocycles. The van der Waals surface area contributed by atoms with Gasteiger partial charge in [-0.2, -0.15) is 4.72 Å². The topological polar surface area (TPSA) is 167 Å². The Morgan fingerprint density at radius 1 is 0.939 bits per heavy atom. The molecule has 11 nitrogen and oxygen atoms in total. The van der Waals surface area contributed by atoms with E-state index in [1.807, 2.05) is 22.9 Å². The number of hydrogen-bond donors (Lipinski definition) is 5. The molecule has 1 atom stereocenters. The highest BCUT2D eigenvalue weighted by Crippen LogP contribution is 2.08. The van der Waals surface area contributed by atoms with Gasteiger partial charge in [0.25, 0.3) is 0 Å². The largest absolute Gasteiger partial charge is 0.480 e. The van der Waals surface area contributed by atoms with Crippen LogP contribution < -0.4 is 20.7 Å². The minimum absolute atomic E-state index is 0.0925.